The fourth-order valence-electron chi connectivity index (χ4n) is 5.48. The molecule has 0 radical (unpaired) electrons. The third-order valence-electron chi connectivity index (χ3n) is 7.68. The predicted molar refractivity (Wildman–Crippen MR) is 183 cm³/mol. The first-order chi connectivity index (χ1) is 23.2. The van der Waals surface area contributed by atoms with Gasteiger partial charge >= 0.3 is 12.1 Å². The molecule has 1 aliphatic rings. The summed E-state index contributed by atoms with van der Waals surface area (Å²) in [5, 5.41) is 11.2. The minimum absolute atomic E-state index is 0.119. The van der Waals surface area contributed by atoms with Gasteiger partial charge in [-0.05, 0) is 47.5 Å². The van der Waals surface area contributed by atoms with Gasteiger partial charge in [-0.25, -0.2) is 4.98 Å². The van der Waals surface area contributed by atoms with Crippen molar-refractivity contribution in [2.45, 2.75) is 6.18 Å². The van der Waals surface area contributed by atoms with Crippen LogP contribution in [0.3, 0.4) is 0 Å². The molecule has 6 rings (SSSR count). The summed E-state index contributed by atoms with van der Waals surface area (Å²) in [7, 11) is 0.357. The number of ether oxygens (including phenoxy) is 1. The third kappa shape index (κ3) is 7.15. The van der Waals surface area contributed by atoms with Crippen LogP contribution in [0.2, 0.25) is 0 Å². The van der Waals surface area contributed by atoms with E-state index in [1.807, 2.05) is 0 Å². The number of hydrogen-bond acceptors (Lipinski definition) is 12. The summed E-state index contributed by atoms with van der Waals surface area (Å²) in [5.41, 5.74) is 3.39. The molecular weight excluding hydrogens is 730 g/mol. The second-order valence-corrected chi connectivity index (χ2v) is 15.5. The van der Waals surface area contributed by atoms with Crippen LogP contribution >= 0.6 is 23.1 Å². The lowest BCUT2D eigenvalue weighted by molar-refractivity contribution is -0.185. The SMILES string of the molecule is COc1nc(N2CCN(C(=O)C(F)(F)F)CC2)c(-c2cnn(C)c2)cc1Nc1ncc(Br)c(Nc2ccc3nccnc3c2P(C)(C)=O)n1. The van der Waals surface area contributed by atoms with Gasteiger partial charge in [-0.1, -0.05) is 0 Å². The predicted octanol–water partition coefficient (Wildman–Crippen LogP) is 4.93. The van der Waals surface area contributed by atoms with Crippen LogP contribution in [0.25, 0.3) is 22.2 Å². The van der Waals surface area contributed by atoms with Crippen LogP contribution in [0, 0.1) is 0 Å². The number of carbonyl (C=O) groups excluding carboxylic acids is 1. The molecule has 0 bridgehead atoms. The van der Waals surface area contributed by atoms with E-state index in [4.69, 9.17) is 9.72 Å². The average Bonchev–Trinajstić information content (AvgIpc) is 3.50. The Bertz CT molecular complexity index is 2100. The Morgan fingerprint density at radius 1 is 1.00 bits per heavy atom. The molecule has 1 aromatic carbocycles. The molecule has 14 nitrogen and oxygen atoms in total. The number of alkyl halides is 3. The van der Waals surface area contributed by atoms with Crippen LogP contribution in [0.1, 0.15) is 0 Å². The van der Waals surface area contributed by atoms with Gasteiger partial charge in [0, 0.05) is 69.1 Å². The van der Waals surface area contributed by atoms with Gasteiger partial charge in [0.2, 0.25) is 11.8 Å². The monoisotopic (exact) mass is 759 g/mol. The van der Waals surface area contributed by atoms with Gasteiger partial charge in [0.1, 0.15) is 30.0 Å². The molecule has 19 heteroatoms. The van der Waals surface area contributed by atoms with E-state index in [9.17, 15) is 22.5 Å². The van der Waals surface area contributed by atoms with Crippen LogP contribution in [0.5, 0.6) is 5.88 Å². The summed E-state index contributed by atoms with van der Waals surface area (Å²) < 4.78 is 60.4. The molecule has 0 spiro atoms. The number of halogens is 4. The Hall–Kier alpha value is -4.83. The van der Waals surface area contributed by atoms with E-state index < -0.39 is 19.2 Å². The third-order valence-corrected chi connectivity index (χ3v) is 9.79. The van der Waals surface area contributed by atoms with E-state index >= 15 is 0 Å². The molecule has 256 valence electrons. The Labute approximate surface area is 286 Å². The number of methoxy groups -OCH3 is 1. The molecule has 0 unspecified atom stereocenters. The standard InChI is InChI=1S/C30H30BrF3N11O3P/c1-43-16-17(14-38-43)18-13-22(27(48-2)42-26(18)44-9-11-45(12-10-44)28(46)30(32,33)34)40-29-37-15-19(31)25(41-29)39-21-6-5-20-23(36-8-7-35-20)24(21)49(3,4)47/h5-8,13-16H,9-12H2,1-4H3,(H2,37,39,40,41). The average molecular weight is 761 g/mol. The summed E-state index contributed by atoms with van der Waals surface area (Å²) in [6.45, 7) is 3.30. The smallest absolute Gasteiger partial charge is 0.471 e. The fourth-order valence-corrected chi connectivity index (χ4v) is 7.16. The Morgan fingerprint density at radius 3 is 2.39 bits per heavy atom. The zero-order valence-electron chi connectivity index (χ0n) is 26.7. The van der Waals surface area contributed by atoms with E-state index in [1.165, 1.54) is 7.11 Å². The highest BCUT2D eigenvalue weighted by Gasteiger charge is 2.43. The molecule has 0 aliphatic carbocycles. The van der Waals surface area contributed by atoms with Crippen LogP contribution in [0.15, 0.2) is 53.7 Å². The largest absolute Gasteiger partial charge is 0.479 e. The number of anilines is 5. The topological polar surface area (TPSA) is 156 Å². The number of aromatic nitrogens is 7. The second-order valence-electron chi connectivity index (χ2n) is 11.5. The zero-order chi connectivity index (χ0) is 35.1. The molecule has 5 aromatic rings. The maximum Gasteiger partial charge on any atom is 0.471 e. The van der Waals surface area contributed by atoms with E-state index in [-0.39, 0.29) is 38.0 Å². The Balaban J connectivity index is 1.34. The number of carbonyl (C=O) groups is 1. The molecule has 49 heavy (non-hydrogen) atoms. The lowest BCUT2D eigenvalue weighted by Gasteiger charge is -2.36. The van der Waals surface area contributed by atoms with Crippen LogP contribution in [0.4, 0.5) is 42.1 Å². The molecule has 5 heterocycles. The number of rotatable bonds is 8. The molecule has 1 fully saturated rings. The van der Waals surface area contributed by atoms with Gasteiger partial charge in [0.15, 0.2) is 0 Å². The molecular formula is C30H30BrF3N11O3P. The van der Waals surface area contributed by atoms with Crippen molar-refractivity contribution in [2.24, 2.45) is 7.05 Å². The van der Waals surface area contributed by atoms with Gasteiger partial charge in [-0.3, -0.25) is 19.4 Å². The first-order valence-corrected chi connectivity index (χ1v) is 18.2. The molecule has 2 N–H and O–H groups in total. The second kappa shape index (κ2) is 13.2. The van der Waals surface area contributed by atoms with Gasteiger partial charge < -0.3 is 29.7 Å². The molecule has 0 atom stereocenters. The van der Waals surface area contributed by atoms with Gasteiger partial charge in [0.25, 0.3) is 0 Å². The van der Waals surface area contributed by atoms with Crippen molar-refractivity contribution in [3.05, 3.63) is 53.7 Å². The molecule has 1 aliphatic heterocycles. The van der Waals surface area contributed by atoms with E-state index in [0.29, 0.717) is 54.9 Å². The summed E-state index contributed by atoms with van der Waals surface area (Å²) in [6.07, 6.45) is 3.16. The number of fused-ring (bicyclic) bond motifs is 1. The molecule has 1 amide bonds. The fraction of sp³-hybridized carbons (Fsp3) is 0.300. The first kappa shape index (κ1) is 34.0. The van der Waals surface area contributed by atoms with Crippen LogP contribution in [-0.4, -0.2) is 98.3 Å². The minimum Gasteiger partial charge on any atom is -0.479 e. The van der Waals surface area contributed by atoms with Crippen LogP contribution in [-0.2, 0) is 16.4 Å². The molecule has 0 saturated carbocycles. The number of aryl methyl sites for hydroxylation is 1. The highest BCUT2D eigenvalue weighted by Crippen LogP contribution is 2.42. The number of pyridine rings is 1. The minimum atomic E-state index is -4.94. The van der Waals surface area contributed by atoms with Gasteiger partial charge in [-0.2, -0.15) is 28.2 Å². The van der Waals surface area contributed by atoms with Crippen molar-refractivity contribution >= 4 is 74.3 Å². The number of nitrogens with one attached hydrogen (secondary N) is 2. The normalized spacial score (nSPS) is 13.9. The van der Waals surface area contributed by atoms with Crippen molar-refractivity contribution in [1.29, 1.82) is 0 Å². The lowest BCUT2D eigenvalue weighted by Crippen LogP contribution is -2.52. The van der Waals surface area contributed by atoms with Crippen molar-refractivity contribution in [1.82, 2.24) is 39.6 Å². The lowest BCUT2D eigenvalue weighted by atomic mass is 10.1. The quantitative estimate of drug-likeness (QED) is 0.206. The van der Waals surface area contributed by atoms with Crippen LogP contribution < -0.4 is 25.6 Å². The summed E-state index contributed by atoms with van der Waals surface area (Å²) >= 11 is 3.50. The van der Waals surface area contributed by atoms with E-state index in [1.54, 1.807) is 79.1 Å². The summed E-state index contributed by atoms with van der Waals surface area (Å²) in [6, 6.07) is 5.33. The van der Waals surface area contributed by atoms with Crippen molar-refractivity contribution < 1.29 is 27.3 Å². The number of hydrogen-bond donors (Lipinski definition) is 2. The highest BCUT2D eigenvalue weighted by atomic mass is 79.9. The first-order valence-electron chi connectivity index (χ1n) is 14.8. The maximum atomic E-state index is 13.4. The number of piperazine rings is 1. The van der Waals surface area contributed by atoms with Gasteiger partial charge in [-0.15, -0.1) is 0 Å². The summed E-state index contributed by atoms with van der Waals surface area (Å²) in [4.78, 5) is 37.0. The Kier molecular flexibility index (Phi) is 9.19. The van der Waals surface area contributed by atoms with Crippen molar-refractivity contribution in [3.63, 3.8) is 0 Å². The molecule has 1 saturated heterocycles. The maximum absolute atomic E-state index is 13.4. The van der Waals surface area contributed by atoms with Crippen molar-refractivity contribution in [2.75, 3.05) is 62.2 Å². The number of nitrogens with zero attached hydrogens (tertiary/aromatic N) is 9. The number of amides is 1. The van der Waals surface area contributed by atoms with E-state index in [0.717, 1.165) is 4.90 Å². The summed E-state index contributed by atoms with van der Waals surface area (Å²) in [5.74, 6) is -0.696. The van der Waals surface area contributed by atoms with E-state index in [2.05, 4.69) is 51.6 Å². The molecule has 4 aromatic heterocycles. The van der Waals surface area contributed by atoms with Crippen molar-refractivity contribution in [3.8, 4) is 17.0 Å². The Morgan fingerprint density at radius 2 is 1.73 bits per heavy atom. The van der Waals surface area contributed by atoms with Gasteiger partial charge in [0.05, 0.1) is 34.3 Å². The highest BCUT2D eigenvalue weighted by molar-refractivity contribution is 9.10. The zero-order valence-corrected chi connectivity index (χ0v) is 29.1. The number of benzene rings is 1.